The van der Waals surface area contributed by atoms with Crippen LogP contribution >= 0.6 is 11.6 Å². The molecule has 0 saturated heterocycles. The Kier molecular flexibility index (Phi) is 5.52. The Bertz CT molecular complexity index is 674. The van der Waals surface area contributed by atoms with Crippen LogP contribution in [0.2, 0.25) is 5.02 Å². The minimum atomic E-state index is -1.27. The number of nitrogens with one attached hydrogen (secondary N) is 1. The van der Waals surface area contributed by atoms with Crippen LogP contribution in [0.4, 0.5) is 0 Å². The highest BCUT2D eigenvalue weighted by atomic mass is 35.5. The van der Waals surface area contributed by atoms with Crippen LogP contribution in [-0.2, 0) is 4.79 Å². The number of hydrazone groups is 1. The van der Waals surface area contributed by atoms with Crippen LogP contribution in [0, 0.1) is 0 Å². The number of methoxy groups -OCH3 is 1. The molecule has 2 N–H and O–H groups in total. The van der Waals surface area contributed by atoms with E-state index >= 15 is 0 Å². The molecule has 114 valence electrons. The molecule has 22 heavy (non-hydrogen) atoms. The number of rotatable bonds is 5. The summed E-state index contributed by atoms with van der Waals surface area (Å²) < 4.78 is 5.04. The molecule has 2 aromatic carbocycles. The second-order valence-corrected chi connectivity index (χ2v) is 4.85. The van der Waals surface area contributed by atoms with E-state index in [0.29, 0.717) is 21.9 Å². The van der Waals surface area contributed by atoms with E-state index in [0.717, 1.165) is 0 Å². The fourth-order valence-electron chi connectivity index (χ4n) is 1.78. The van der Waals surface area contributed by atoms with Crippen molar-refractivity contribution in [3.63, 3.8) is 0 Å². The summed E-state index contributed by atoms with van der Waals surface area (Å²) in [6.07, 6.45) is 0.166. The maximum absolute atomic E-state index is 11.8. The fourth-order valence-corrected chi connectivity index (χ4v) is 2.05. The fraction of sp³-hybridized carbons (Fsp3) is 0.125. The highest BCUT2D eigenvalue weighted by Crippen LogP contribution is 2.24. The second kappa shape index (κ2) is 7.59. The van der Waals surface area contributed by atoms with Crippen LogP contribution in [0.1, 0.15) is 17.2 Å². The number of hydrogen-bond donors (Lipinski definition) is 2. The maximum Gasteiger partial charge on any atom is 0.273 e. The van der Waals surface area contributed by atoms with Gasteiger partial charge in [0.1, 0.15) is 5.75 Å². The van der Waals surface area contributed by atoms with Crippen LogP contribution in [-0.4, -0.2) is 24.3 Å². The van der Waals surface area contributed by atoms with Crippen molar-refractivity contribution in [3.8, 4) is 5.75 Å². The lowest BCUT2D eigenvalue weighted by molar-refractivity contribution is -0.129. The van der Waals surface area contributed by atoms with E-state index in [2.05, 4.69) is 10.5 Å². The Labute approximate surface area is 133 Å². The second-order valence-electron chi connectivity index (χ2n) is 4.44. The van der Waals surface area contributed by atoms with Crippen LogP contribution in [0.15, 0.2) is 53.6 Å². The van der Waals surface area contributed by atoms with Gasteiger partial charge in [-0.05, 0) is 29.3 Å². The number of ether oxygens (including phenoxy) is 1. The zero-order valence-electron chi connectivity index (χ0n) is 11.9. The largest absolute Gasteiger partial charge is 0.495 e. The van der Waals surface area contributed by atoms with Crippen LogP contribution in [0.25, 0.3) is 0 Å². The minimum Gasteiger partial charge on any atom is -0.495 e. The lowest BCUT2D eigenvalue weighted by Gasteiger charge is -2.08. The maximum atomic E-state index is 11.8. The van der Waals surface area contributed by atoms with Gasteiger partial charge in [-0.25, -0.2) is 5.43 Å². The zero-order chi connectivity index (χ0) is 15.9. The van der Waals surface area contributed by atoms with Crippen molar-refractivity contribution in [1.82, 2.24) is 5.43 Å². The first kappa shape index (κ1) is 16.0. The Morgan fingerprint density at radius 1 is 1.32 bits per heavy atom. The summed E-state index contributed by atoms with van der Waals surface area (Å²) >= 11 is 5.99. The van der Waals surface area contributed by atoms with E-state index < -0.39 is 12.0 Å². The van der Waals surface area contributed by atoms with Crippen molar-refractivity contribution in [1.29, 1.82) is 0 Å². The van der Waals surface area contributed by atoms with E-state index in [4.69, 9.17) is 16.3 Å². The minimum absolute atomic E-state index is 0.446. The summed E-state index contributed by atoms with van der Waals surface area (Å²) in [4.78, 5) is 11.8. The number of carbonyl (C=O) groups excluding carboxylic acids is 1. The number of nitrogens with zero attached hydrogens (tertiary/aromatic N) is 1. The van der Waals surface area contributed by atoms with Gasteiger partial charge in [-0.1, -0.05) is 41.9 Å². The summed E-state index contributed by atoms with van der Waals surface area (Å²) in [5.41, 5.74) is 3.48. The lowest BCUT2D eigenvalue weighted by Crippen LogP contribution is -2.25. The van der Waals surface area contributed by atoms with Crippen LogP contribution < -0.4 is 10.2 Å². The van der Waals surface area contributed by atoms with Gasteiger partial charge >= 0.3 is 0 Å². The molecule has 0 bridgehead atoms. The predicted octanol–water partition coefficient (Wildman–Crippen LogP) is 2.53. The number of amides is 1. The third kappa shape index (κ3) is 4.07. The van der Waals surface area contributed by atoms with Gasteiger partial charge in [-0.15, -0.1) is 0 Å². The zero-order valence-corrected chi connectivity index (χ0v) is 12.6. The van der Waals surface area contributed by atoms with Gasteiger partial charge in [0.15, 0.2) is 6.10 Å². The summed E-state index contributed by atoms with van der Waals surface area (Å²) in [6.45, 7) is 0. The van der Waals surface area contributed by atoms with E-state index in [9.17, 15) is 9.90 Å². The average Bonchev–Trinajstić information content (AvgIpc) is 2.55. The number of carbonyl (C=O) groups is 1. The lowest BCUT2D eigenvalue weighted by atomic mass is 10.1. The Balaban J connectivity index is 1.97. The molecular weight excluding hydrogens is 304 g/mol. The summed E-state index contributed by atoms with van der Waals surface area (Å²) in [7, 11) is 1.53. The van der Waals surface area contributed by atoms with Gasteiger partial charge in [0.05, 0.1) is 18.3 Å². The molecule has 1 unspecified atom stereocenters. The first-order valence-corrected chi connectivity index (χ1v) is 6.89. The number of aliphatic hydroxyl groups excluding tert-OH is 1. The monoisotopic (exact) mass is 318 g/mol. The van der Waals surface area contributed by atoms with Crippen molar-refractivity contribution in [3.05, 3.63) is 64.7 Å². The molecule has 2 aromatic rings. The summed E-state index contributed by atoms with van der Waals surface area (Å²) in [5.74, 6) is -0.0515. The van der Waals surface area contributed by atoms with E-state index in [1.165, 1.54) is 13.3 Å². The normalized spacial score (nSPS) is 12.1. The summed E-state index contributed by atoms with van der Waals surface area (Å²) in [5, 5.41) is 14.1. The quantitative estimate of drug-likeness (QED) is 0.657. The molecule has 0 heterocycles. The van der Waals surface area contributed by atoms with E-state index in [1.54, 1.807) is 48.5 Å². The van der Waals surface area contributed by atoms with Gasteiger partial charge in [-0.3, -0.25) is 4.79 Å². The van der Waals surface area contributed by atoms with Gasteiger partial charge in [0.2, 0.25) is 0 Å². The number of halogens is 1. The van der Waals surface area contributed by atoms with Crippen molar-refractivity contribution in [2.75, 3.05) is 7.11 Å². The molecular formula is C16H15ClN2O3. The first-order valence-electron chi connectivity index (χ1n) is 6.51. The SMILES string of the molecule is COc1ccc(/C=N/NC(=O)C(O)c2ccccc2)cc1Cl. The smallest absolute Gasteiger partial charge is 0.273 e. The molecule has 0 aliphatic heterocycles. The number of aliphatic hydroxyl groups is 1. The number of hydrogen-bond acceptors (Lipinski definition) is 4. The molecule has 1 atom stereocenters. The highest BCUT2D eigenvalue weighted by Gasteiger charge is 2.15. The number of benzene rings is 2. The molecule has 2 rings (SSSR count). The van der Waals surface area contributed by atoms with Gasteiger partial charge in [0.25, 0.3) is 5.91 Å². The van der Waals surface area contributed by atoms with Crippen LogP contribution in [0.3, 0.4) is 0 Å². The predicted molar refractivity (Wildman–Crippen MR) is 85.1 cm³/mol. The molecule has 0 aromatic heterocycles. The topological polar surface area (TPSA) is 70.9 Å². The molecule has 0 aliphatic carbocycles. The van der Waals surface area contributed by atoms with E-state index in [1.807, 2.05) is 0 Å². The molecule has 0 spiro atoms. The van der Waals surface area contributed by atoms with Crippen molar-refractivity contribution in [2.24, 2.45) is 5.10 Å². The molecule has 0 aliphatic rings. The van der Waals surface area contributed by atoms with Crippen LogP contribution in [0.5, 0.6) is 5.75 Å². The van der Waals surface area contributed by atoms with Gasteiger partial charge in [-0.2, -0.15) is 5.10 Å². The average molecular weight is 319 g/mol. The molecule has 6 heteroatoms. The molecule has 0 fully saturated rings. The Morgan fingerprint density at radius 3 is 2.68 bits per heavy atom. The van der Waals surface area contributed by atoms with Crippen molar-refractivity contribution < 1.29 is 14.6 Å². The first-order chi connectivity index (χ1) is 10.6. The van der Waals surface area contributed by atoms with E-state index in [-0.39, 0.29) is 0 Å². The molecule has 0 saturated carbocycles. The summed E-state index contributed by atoms with van der Waals surface area (Å²) in [6, 6.07) is 13.7. The van der Waals surface area contributed by atoms with Gasteiger partial charge < -0.3 is 9.84 Å². The standard InChI is InChI=1S/C16H15ClN2O3/c1-22-14-8-7-11(9-13(14)17)10-18-19-16(21)15(20)12-5-3-2-4-6-12/h2-10,15,20H,1H3,(H,19,21)/b18-10+. The molecule has 0 radical (unpaired) electrons. The molecule has 5 nitrogen and oxygen atoms in total. The third-order valence-electron chi connectivity index (χ3n) is 2.93. The van der Waals surface area contributed by atoms with Crippen molar-refractivity contribution >= 4 is 23.7 Å². The Morgan fingerprint density at radius 2 is 2.05 bits per heavy atom. The Hall–Kier alpha value is -2.37. The molecule has 1 amide bonds. The highest BCUT2D eigenvalue weighted by molar-refractivity contribution is 6.32. The van der Waals surface area contributed by atoms with Gasteiger partial charge in [0, 0.05) is 0 Å². The third-order valence-corrected chi connectivity index (χ3v) is 3.22. The van der Waals surface area contributed by atoms with Crippen molar-refractivity contribution in [2.45, 2.75) is 6.10 Å².